The van der Waals surface area contributed by atoms with Crippen LogP contribution in [0.15, 0.2) is 0 Å². The van der Waals surface area contributed by atoms with Crippen LogP contribution in [0.5, 0.6) is 0 Å². The van der Waals surface area contributed by atoms with Gasteiger partial charge in [0.05, 0.1) is 6.54 Å². The van der Waals surface area contributed by atoms with E-state index in [9.17, 15) is 4.79 Å². The van der Waals surface area contributed by atoms with E-state index < -0.39 is 0 Å². The Kier molecular flexibility index (Phi) is 8.07. The summed E-state index contributed by atoms with van der Waals surface area (Å²) >= 11 is 0. The Labute approximate surface area is 118 Å². The summed E-state index contributed by atoms with van der Waals surface area (Å²) in [5, 5.41) is 6.51. The summed E-state index contributed by atoms with van der Waals surface area (Å²) in [6.45, 7) is 9.72. The summed E-state index contributed by atoms with van der Waals surface area (Å²) < 4.78 is 0. The molecule has 4 heteroatoms. The number of likely N-dealkylation sites (N-methyl/N-ethyl adjacent to an activating group) is 2. The van der Waals surface area contributed by atoms with Crippen LogP contribution in [0.1, 0.15) is 52.9 Å². The van der Waals surface area contributed by atoms with E-state index >= 15 is 0 Å². The molecule has 0 atom stereocenters. The third-order valence-electron chi connectivity index (χ3n) is 4.02. The Morgan fingerprint density at radius 3 is 2.37 bits per heavy atom. The monoisotopic (exact) mass is 269 g/mol. The number of hydrogen-bond donors (Lipinski definition) is 2. The first kappa shape index (κ1) is 16.4. The second kappa shape index (κ2) is 9.32. The molecule has 0 heterocycles. The molecule has 1 amide bonds. The number of nitrogens with one attached hydrogen (secondary N) is 2. The van der Waals surface area contributed by atoms with Crippen molar-refractivity contribution in [1.29, 1.82) is 0 Å². The van der Waals surface area contributed by atoms with Crippen molar-refractivity contribution in [3.8, 4) is 0 Å². The average Bonchev–Trinajstić information content (AvgIpc) is 2.43. The van der Waals surface area contributed by atoms with Gasteiger partial charge in [-0.3, -0.25) is 9.69 Å². The Bertz CT molecular complexity index is 250. The fourth-order valence-electron chi connectivity index (χ4n) is 2.93. The van der Waals surface area contributed by atoms with E-state index in [1.165, 1.54) is 32.1 Å². The fourth-order valence-corrected chi connectivity index (χ4v) is 2.93. The molecule has 1 aliphatic rings. The van der Waals surface area contributed by atoms with Crippen LogP contribution in [-0.2, 0) is 4.79 Å². The Hall–Kier alpha value is -0.610. The molecule has 112 valence electrons. The molecule has 4 nitrogen and oxygen atoms in total. The average molecular weight is 269 g/mol. The molecule has 1 rings (SSSR count). The maximum absolute atomic E-state index is 11.7. The fraction of sp³-hybridized carbons (Fsp3) is 0.933. The van der Waals surface area contributed by atoms with Crippen LogP contribution in [0.4, 0.5) is 0 Å². The van der Waals surface area contributed by atoms with Crippen LogP contribution in [0.2, 0.25) is 0 Å². The van der Waals surface area contributed by atoms with Crippen molar-refractivity contribution in [2.45, 2.75) is 65.0 Å². The molecule has 0 radical (unpaired) electrons. The summed E-state index contributed by atoms with van der Waals surface area (Å²) in [6.07, 6.45) is 6.13. The molecule has 1 saturated carbocycles. The molecule has 19 heavy (non-hydrogen) atoms. The maximum Gasteiger partial charge on any atom is 0.234 e. The first-order valence-corrected chi connectivity index (χ1v) is 7.95. The van der Waals surface area contributed by atoms with Crippen LogP contribution in [0.3, 0.4) is 0 Å². The quantitative estimate of drug-likeness (QED) is 0.706. The lowest BCUT2D eigenvalue weighted by Gasteiger charge is -2.36. The number of nitrogens with zero attached hydrogens (tertiary/aromatic N) is 1. The molecule has 0 aromatic rings. The number of rotatable bonds is 8. The first-order valence-electron chi connectivity index (χ1n) is 7.95. The molecule has 0 spiro atoms. The highest BCUT2D eigenvalue weighted by atomic mass is 16.2. The van der Waals surface area contributed by atoms with Gasteiger partial charge in [-0.15, -0.1) is 0 Å². The highest BCUT2D eigenvalue weighted by Crippen LogP contribution is 2.23. The van der Waals surface area contributed by atoms with Gasteiger partial charge in [-0.05, 0) is 52.1 Å². The van der Waals surface area contributed by atoms with Crippen molar-refractivity contribution in [1.82, 2.24) is 15.5 Å². The van der Waals surface area contributed by atoms with E-state index in [4.69, 9.17) is 0 Å². The van der Waals surface area contributed by atoms with Crippen LogP contribution < -0.4 is 10.6 Å². The predicted octanol–water partition coefficient (Wildman–Crippen LogP) is 1.76. The van der Waals surface area contributed by atoms with Gasteiger partial charge in [-0.2, -0.15) is 0 Å². The number of amides is 1. The maximum atomic E-state index is 11.7. The van der Waals surface area contributed by atoms with E-state index in [2.05, 4.69) is 29.4 Å². The van der Waals surface area contributed by atoms with Crippen molar-refractivity contribution in [2.24, 2.45) is 0 Å². The SMILES string of the molecule is CCCNC1CCC(N(CC)CC(=O)NCC)CC1. The number of hydrogen-bond acceptors (Lipinski definition) is 3. The molecular formula is C15H31N3O. The zero-order valence-corrected chi connectivity index (χ0v) is 12.9. The van der Waals surface area contributed by atoms with E-state index in [0.29, 0.717) is 18.6 Å². The molecule has 0 aromatic carbocycles. The van der Waals surface area contributed by atoms with Crippen molar-refractivity contribution in [2.75, 3.05) is 26.2 Å². The number of carbonyl (C=O) groups is 1. The van der Waals surface area contributed by atoms with Crippen molar-refractivity contribution in [3.63, 3.8) is 0 Å². The molecule has 0 unspecified atom stereocenters. The van der Waals surface area contributed by atoms with Crippen LogP contribution in [-0.4, -0.2) is 49.1 Å². The van der Waals surface area contributed by atoms with Gasteiger partial charge in [0.15, 0.2) is 0 Å². The zero-order valence-electron chi connectivity index (χ0n) is 12.9. The molecule has 1 aliphatic carbocycles. The summed E-state index contributed by atoms with van der Waals surface area (Å²) in [4.78, 5) is 14.0. The minimum absolute atomic E-state index is 0.163. The van der Waals surface area contributed by atoms with Gasteiger partial charge in [-0.1, -0.05) is 13.8 Å². The third kappa shape index (κ3) is 5.91. The lowest BCUT2D eigenvalue weighted by molar-refractivity contribution is -0.122. The smallest absolute Gasteiger partial charge is 0.234 e. The van der Waals surface area contributed by atoms with Crippen LogP contribution in [0, 0.1) is 0 Å². The normalized spacial score (nSPS) is 23.6. The highest BCUT2D eigenvalue weighted by Gasteiger charge is 2.25. The molecule has 1 fully saturated rings. The van der Waals surface area contributed by atoms with Crippen LogP contribution in [0.25, 0.3) is 0 Å². The van der Waals surface area contributed by atoms with Crippen LogP contribution >= 0.6 is 0 Å². The van der Waals surface area contributed by atoms with E-state index in [1.807, 2.05) is 6.92 Å². The molecule has 0 bridgehead atoms. The summed E-state index contributed by atoms with van der Waals surface area (Å²) in [7, 11) is 0. The second-order valence-corrected chi connectivity index (χ2v) is 5.48. The van der Waals surface area contributed by atoms with Gasteiger partial charge in [0.25, 0.3) is 0 Å². The van der Waals surface area contributed by atoms with Gasteiger partial charge in [0, 0.05) is 18.6 Å². The minimum Gasteiger partial charge on any atom is -0.355 e. The largest absolute Gasteiger partial charge is 0.355 e. The molecule has 0 aliphatic heterocycles. The Morgan fingerprint density at radius 1 is 1.16 bits per heavy atom. The molecule has 0 aromatic heterocycles. The Balaban J connectivity index is 2.32. The van der Waals surface area contributed by atoms with Crippen molar-refractivity contribution in [3.05, 3.63) is 0 Å². The molecule has 0 saturated heterocycles. The number of carbonyl (C=O) groups excluding carboxylic acids is 1. The van der Waals surface area contributed by atoms with E-state index in [-0.39, 0.29) is 5.91 Å². The lowest BCUT2D eigenvalue weighted by Crippen LogP contribution is -2.46. The highest BCUT2D eigenvalue weighted by molar-refractivity contribution is 5.77. The topological polar surface area (TPSA) is 44.4 Å². The summed E-state index contributed by atoms with van der Waals surface area (Å²) in [5.41, 5.74) is 0. The lowest BCUT2D eigenvalue weighted by atomic mass is 9.90. The van der Waals surface area contributed by atoms with E-state index in [1.54, 1.807) is 0 Å². The first-order chi connectivity index (χ1) is 9.21. The van der Waals surface area contributed by atoms with E-state index in [0.717, 1.165) is 19.6 Å². The van der Waals surface area contributed by atoms with Crippen molar-refractivity contribution >= 4 is 5.91 Å². The Morgan fingerprint density at radius 2 is 1.84 bits per heavy atom. The van der Waals surface area contributed by atoms with Gasteiger partial charge < -0.3 is 10.6 Å². The molecule has 2 N–H and O–H groups in total. The minimum atomic E-state index is 0.163. The second-order valence-electron chi connectivity index (χ2n) is 5.48. The van der Waals surface area contributed by atoms with Gasteiger partial charge in [0.1, 0.15) is 0 Å². The van der Waals surface area contributed by atoms with Gasteiger partial charge in [-0.25, -0.2) is 0 Å². The van der Waals surface area contributed by atoms with Gasteiger partial charge in [0.2, 0.25) is 5.91 Å². The standard InChI is InChI=1S/C15H31N3O/c1-4-11-17-13-7-9-14(10-8-13)18(6-3)12-15(19)16-5-2/h13-14,17H,4-12H2,1-3H3,(H,16,19). The summed E-state index contributed by atoms with van der Waals surface area (Å²) in [6, 6.07) is 1.28. The zero-order chi connectivity index (χ0) is 14.1. The summed E-state index contributed by atoms with van der Waals surface area (Å²) in [5.74, 6) is 0.163. The predicted molar refractivity (Wildman–Crippen MR) is 80.3 cm³/mol. The van der Waals surface area contributed by atoms with Gasteiger partial charge >= 0.3 is 0 Å². The van der Waals surface area contributed by atoms with Crippen molar-refractivity contribution < 1.29 is 4.79 Å². The molecular weight excluding hydrogens is 238 g/mol. The third-order valence-corrected chi connectivity index (χ3v) is 4.02.